The predicted molar refractivity (Wildman–Crippen MR) is 103 cm³/mol. The highest BCUT2D eigenvalue weighted by molar-refractivity contribution is 8.27. The fourth-order valence-electron chi connectivity index (χ4n) is 2.29. The Morgan fingerprint density at radius 3 is 2.56 bits per heavy atom. The Bertz CT molecular complexity index is 866. The van der Waals surface area contributed by atoms with Gasteiger partial charge in [0, 0.05) is 5.56 Å². The molecule has 0 radical (unpaired) electrons. The molecule has 0 atom stereocenters. The van der Waals surface area contributed by atoms with E-state index in [9.17, 15) is 9.59 Å². The van der Waals surface area contributed by atoms with Gasteiger partial charge < -0.3 is 10.5 Å². The van der Waals surface area contributed by atoms with E-state index in [1.807, 2.05) is 36.4 Å². The monoisotopic (exact) mass is 370 g/mol. The summed E-state index contributed by atoms with van der Waals surface area (Å²) in [5, 5.41) is 0. The second-order valence-corrected chi connectivity index (χ2v) is 6.82. The molecule has 0 aromatic heterocycles. The molecule has 0 unspecified atom stereocenters. The lowest BCUT2D eigenvalue weighted by molar-refractivity contribution is -0.120. The number of carbonyl (C=O) groups excluding carboxylic acids is 2. The Labute approximate surface area is 154 Å². The number of anilines is 1. The second-order valence-electron chi connectivity index (χ2n) is 5.15. The summed E-state index contributed by atoms with van der Waals surface area (Å²) in [4.78, 5) is 25.6. The predicted octanol–water partition coefficient (Wildman–Crippen LogP) is 2.96. The molecular formula is C18H14N2O3S2. The Balaban J connectivity index is 1.89. The normalized spacial score (nSPS) is 15.7. The maximum absolute atomic E-state index is 12.7. The Morgan fingerprint density at radius 2 is 1.84 bits per heavy atom. The van der Waals surface area contributed by atoms with Crippen LogP contribution in [-0.4, -0.2) is 22.7 Å². The van der Waals surface area contributed by atoms with Gasteiger partial charge in [0.2, 0.25) is 0 Å². The van der Waals surface area contributed by atoms with Gasteiger partial charge >= 0.3 is 0 Å². The summed E-state index contributed by atoms with van der Waals surface area (Å²) in [6, 6.07) is 16.4. The fraction of sp³-hybridized carbons (Fsp3) is 0.0556. The van der Waals surface area contributed by atoms with Gasteiger partial charge in [-0.1, -0.05) is 60.4 Å². The van der Waals surface area contributed by atoms with Crippen LogP contribution in [0.1, 0.15) is 5.56 Å². The lowest BCUT2D eigenvalue weighted by atomic mass is 10.2. The summed E-state index contributed by atoms with van der Waals surface area (Å²) in [6.45, 7) is -0.226. The van der Waals surface area contributed by atoms with Gasteiger partial charge in [0.25, 0.3) is 11.8 Å². The van der Waals surface area contributed by atoms with Crippen LogP contribution >= 0.6 is 24.0 Å². The van der Waals surface area contributed by atoms with Crippen molar-refractivity contribution < 1.29 is 14.3 Å². The number of primary amides is 1. The van der Waals surface area contributed by atoms with E-state index in [1.54, 1.807) is 24.3 Å². The van der Waals surface area contributed by atoms with Crippen LogP contribution in [0.2, 0.25) is 0 Å². The number of rotatable bonds is 5. The molecule has 1 heterocycles. The number of thioether (sulfide) groups is 1. The molecule has 2 aromatic carbocycles. The third kappa shape index (κ3) is 3.89. The van der Waals surface area contributed by atoms with E-state index in [1.165, 1.54) is 16.7 Å². The van der Waals surface area contributed by atoms with Crippen LogP contribution in [0.4, 0.5) is 5.69 Å². The number of thiocarbonyl (C=S) groups is 1. The minimum Gasteiger partial charge on any atom is -0.483 e. The van der Waals surface area contributed by atoms with Gasteiger partial charge in [-0.3, -0.25) is 14.5 Å². The second kappa shape index (κ2) is 7.50. The average molecular weight is 370 g/mol. The molecule has 25 heavy (non-hydrogen) atoms. The standard InChI is InChI=1S/C18H14N2O3S2/c19-16(21)11-23-14-9-5-4-6-12(14)10-15-17(22)20(18(24)25-15)13-7-2-1-3-8-13/h1-10H,11H2,(H2,19,21)/b15-10+. The van der Waals surface area contributed by atoms with Crippen molar-refractivity contribution in [2.24, 2.45) is 5.73 Å². The number of hydrogen-bond donors (Lipinski definition) is 1. The summed E-state index contributed by atoms with van der Waals surface area (Å²) in [7, 11) is 0. The number of nitrogens with zero attached hydrogens (tertiary/aromatic N) is 1. The summed E-state index contributed by atoms with van der Waals surface area (Å²) in [5.74, 6) is -0.276. The molecule has 5 nitrogen and oxygen atoms in total. The maximum Gasteiger partial charge on any atom is 0.270 e. The minimum atomic E-state index is -0.565. The van der Waals surface area contributed by atoms with Crippen LogP contribution in [0.3, 0.4) is 0 Å². The van der Waals surface area contributed by atoms with Gasteiger partial charge in [-0.25, -0.2) is 0 Å². The average Bonchev–Trinajstić information content (AvgIpc) is 2.88. The minimum absolute atomic E-state index is 0.189. The zero-order valence-corrected chi connectivity index (χ0v) is 14.7. The van der Waals surface area contributed by atoms with Gasteiger partial charge in [-0.15, -0.1) is 0 Å². The zero-order valence-electron chi connectivity index (χ0n) is 13.0. The number of hydrogen-bond acceptors (Lipinski definition) is 5. The van der Waals surface area contributed by atoms with E-state index in [0.717, 1.165) is 5.69 Å². The molecule has 0 bridgehead atoms. The van der Waals surface area contributed by atoms with E-state index < -0.39 is 5.91 Å². The van der Waals surface area contributed by atoms with E-state index in [-0.39, 0.29) is 12.5 Å². The van der Waals surface area contributed by atoms with E-state index in [4.69, 9.17) is 22.7 Å². The van der Waals surface area contributed by atoms with Crippen molar-refractivity contribution in [2.45, 2.75) is 0 Å². The van der Waals surface area contributed by atoms with Crippen LogP contribution in [0.25, 0.3) is 6.08 Å². The molecule has 1 saturated heterocycles. The van der Waals surface area contributed by atoms with Crippen LogP contribution in [-0.2, 0) is 9.59 Å². The molecule has 1 aliphatic rings. The van der Waals surface area contributed by atoms with Crippen molar-refractivity contribution in [2.75, 3.05) is 11.5 Å². The molecule has 3 rings (SSSR count). The first kappa shape index (κ1) is 17.2. The first-order valence-electron chi connectivity index (χ1n) is 7.39. The molecule has 2 aromatic rings. The molecule has 1 fully saturated rings. The topological polar surface area (TPSA) is 72.6 Å². The molecule has 7 heteroatoms. The number of nitrogens with two attached hydrogens (primary N) is 1. The highest BCUT2D eigenvalue weighted by Gasteiger charge is 2.33. The lowest BCUT2D eigenvalue weighted by Gasteiger charge is -2.13. The number of para-hydroxylation sites is 2. The van der Waals surface area contributed by atoms with E-state index >= 15 is 0 Å². The van der Waals surface area contributed by atoms with Gasteiger partial charge in [0.05, 0.1) is 10.6 Å². The lowest BCUT2D eigenvalue weighted by Crippen LogP contribution is -2.27. The molecule has 0 saturated carbocycles. The number of benzene rings is 2. The van der Waals surface area contributed by atoms with Crippen molar-refractivity contribution >= 4 is 51.9 Å². The number of carbonyl (C=O) groups is 2. The molecule has 0 spiro atoms. The molecular weight excluding hydrogens is 356 g/mol. The Morgan fingerprint density at radius 1 is 1.16 bits per heavy atom. The van der Waals surface area contributed by atoms with Gasteiger partial charge in [-0.05, 0) is 24.3 Å². The highest BCUT2D eigenvalue weighted by Crippen LogP contribution is 2.36. The largest absolute Gasteiger partial charge is 0.483 e. The number of amides is 2. The first-order chi connectivity index (χ1) is 12.1. The van der Waals surface area contributed by atoms with E-state index in [2.05, 4.69) is 0 Å². The smallest absolute Gasteiger partial charge is 0.270 e. The summed E-state index contributed by atoms with van der Waals surface area (Å²) < 4.78 is 5.87. The van der Waals surface area contributed by atoms with Crippen molar-refractivity contribution in [1.29, 1.82) is 0 Å². The van der Waals surface area contributed by atoms with E-state index in [0.29, 0.717) is 20.5 Å². The molecule has 2 amide bonds. The first-order valence-corrected chi connectivity index (χ1v) is 8.62. The van der Waals surface area contributed by atoms with Crippen molar-refractivity contribution in [3.63, 3.8) is 0 Å². The van der Waals surface area contributed by atoms with Crippen LogP contribution in [0.5, 0.6) is 5.75 Å². The quantitative estimate of drug-likeness (QED) is 0.647. The fourth-order valence-corrected chi connectivity index (χ4v) is 3.58. The third-order valence-corrected chi connectivity index (χ3v) is 4.69. The van der Waals surface area contributed by atoms with Gasteiger partial charge in [0.1, 0.15) is 5.75 Å². The maximum atomic E-state index is 12.7. The van der Waals surface area contributed by atoms with Crippen LogP contribution in [0.15, 0.2) is 59.5 Å². The number of ether oxygens (including phenoxy) is 1. The van der Waals surface area contributed by atoms with Gasteiger partial charge in [-0.2, -0.15) is 0 Å². The Hall–Kier alpha value is -2.64. The van der Waals surface area contributed by atoms with Gasteiger partial charge in [0.15, 0.2) is 10.9 Å². The Kier molecular flexibility index (Phi) is 5.16. The zero-order chi connectivity index (χ0) is 17.8. The van der Waals surface area contributed by atoms with Crippen LogP contribution in [0, 0.1) is 0 Å². The molecule has 0 aliphatic carbocycles. The summed E-state index contributed by atoms with van der Waals surface area (Å²) in [5.41, 5.74) is 6.52. The summed E-state index contributed by atoms with van der Waals surface area (Å²) in [6.07, 6.45) is 1.71. The third-order valence-electron chi connectivity index (χ3n) is 3.38. The van der Waals surface area contributed by atoms with Crippen molar-refractivity contribution in [1.82, 2.24) is 0 Å². The van der Waals surface area contributed by atoms with Crippen molar-refractivity contribution in [3.05, 3.63) is 65.1 Å². The van der Waals surface area contributed by atoms with Crippen molar-refractivity contribution in [3.8, 4) is 5.75 Å². The molecule has 2 N–H and O–H groups in total. The molecule has 1 aliphatic heterocycles. The SMILES string of the molecule is NC(=O)COc1ccccc1/C=C1/SC(=S)N(c2ccccc2)C1=O. The summed E-state index contributed by atoms with van der Waals surface area (Å²) >= 11 is 6.57. The molecule has 126 valence electrons. The van der Waals surface area contributed by atoms with Crippen LogP contribution < -0.4 is 15.4 Å². The highest BCUT2D eigenvalue weighted by atomic mass is 32.2.